The Bertz CT molecular complexity index is 1360. The van der Waals surface area contributed by atoms with E-state index in [0.717, 1.165) is 29.5 Å². The largest absolute Gasteiger partial charge is 0.462 e. The van der Waals surface area contributed by atoms with Crippen LogP contribution in [-0.4, -0.2) is 39.7 Å². The number of nitrogens with one attached hydrogen (secondary N) is 1. The van der Waals surface area contributed by atoms with Crippen LogP contribution in [-0.2, 0) is 27.0 Å². The van der Waals surface area contributed by atoms with Gasteiger partial charge in [-0.1, -0.05) is 42.1 Å². The third kappa shape index (κ3) is 7.26. The SMILES string of the molecule is CCOC(=O)c1ccc(NC(=O)C[C@@H]2SC(=Nc3ccc(C(F)(F)F)cc3)N(Cc3ccccc3)C2=O)cc1. The average molecular weight is 556 g/mol. The van der Waals surface area contributed by atoms with Gasteiger partial charge in [0.25, 0.3) is 0 Å². The van der Waals surface area contributed by atoms with Crippen LogP contribution in [0.5, 0.6) is 0 Å². The molecule has 3 aromatic rings. The molecule has 202 valence electrons. The zero-order valence-corrected chi connectivity index (χ0v) is 21.6. The number of amides is 2. The van der Waals surface area contributed by atoms with Gasteiger partial charge in [0.15, 0.2) is 5.17 Å². The van der Waals surface area contributed by atoms with Crippen molar-refractivity contribution in [1.82, 2.24) is 4.90 Å². The van der Waals surface area contributed by atoms with Gasteiger partial charge in [0.2, 0.25) is 11.8 Å². The van der Waals surface area contributed by atoms with Gasteiger partial charge in [-0.05, 0) is 61.0 Å². The molecule has 0 unspecified atom stereocenters. The van der Waals surface area contributed by atoms with Crippen molar-refractivity contribution in [2.45, 2.75) is 31.3 Å². The second-order valence-corrected chi connectivity index (χ2v) is 9.68. The number of aliphatic imine (C=N–C) groups is 1. The molecule has 2 amide bonds. The number of hydrogen-bond acceptors (Lipinski definition) is 6. The molecule has 3 aromatic carbocycles. The molecule has 7 nitrogen and oxygen atoms in total. The Morgan fingerprint density at radius 3 is 2.28 bits per heavy atom. The van der Waals surface area contributed by atoms with Crippen LogP contribution in [0.25, 0.3) is 0 Å². The summed E-state index contributed by atoms with van der Waals surface area (Å²) in [5.74, 6) is -1.22. The summed E-state index contributed by atoms with van der Waals surface area (Å²) in [4.78, 5) is 43.8. The number of benzene rings is 3. The fraction of sp³-hybridized carbons (Fsp3) is 0.214. The molecule has 1 aliphatic rings. The summed E-state index contributed by atoms with van der Waals surface area (Å²) in [5, 5.41) is 2.23. The van der Waals surface area contributed by atoms with Gasteiger partial charge >= 0.3 is 12.1 Å². The molecule has 1 heterocycles. The second-order valence-electron chi connectivity index (χ2n) is 8.51. The molecule has 0 aliphatic carbocycles. The number of anilines is 1. The van der Waals surface area contributed by atoms with E-state index >= 15 is 0 Å². The molecule has 1 saturated heterocycles. The molecule has 0 saturated carbocycles. The van der Waals surface area contributed by atoms with Gasteiger partial charge in [-0.15, -0.1) is 0 Å². The zero-order valence-electron chi connectivity index (χ0n) is 20.8. The van der Waals surface area contributed by atoms with E-state index < -0.39 is 28.9 Å². The highest BCUT2D eigenvalue weighted by Gasteiger charge is 2.39. The number of amidine groups is 1. The van der Waals surface area contributed by atoms with Crippen molar-refractivity contribution >= 4 is 46.1 Å². The van der Waals surface area contributed by atoms with Crippen molar-refractivity contribution in [3.05, 3.63) is 95.6 Å². The average Bonchev–Trinajstić information content (AvgIpc) is 3.18. The second kappa shape index (κ2) is 12.2. The van der Waals surface area contributed by atoms with Gasteiger partial charge in [-0.2, -0.15) is 13.2 Å². The van der Waals surface area contributed by atoms with E-state index in [1.165, 1.54) is 29.2 Å². The maximum atomic E-state index is 13.3. The summed E-state index contributed by atoms with van der Waals surface area (Å²) in [6, 6.07) is 19.7. The number of ether oxygens (including phenoxy) is 1. The molecule has 0 spiro atoms. The fourth-order valence-corrected chi connectivity index (χ4v) is 4.91. The highest BCUT2D eigenvalue weighted by atomic mass is 32.2. The third-order valence-corrected chi connectivity index (χ3v) is 6.85. The Morgan fingerprint density at radius 1 is 1.00 bits per heavy atom. The summed E-state index contributed by atoms with van der Waals surface area (Å²) >= 11 is 1.08. The summed E-state index contributed by atoms with van der Waals surface area (Å²) in [6.45, 7) is 2.14. The summed E-state index contributed by atoms with van der Waals surface area (Å²) in [6.07, 6.45) is -4.62. The predicted octanol–water partition coefficient (Wildman–Crippen LogP) is 6.04. The molecule has 1 atom stereocenters. The first-order valence-electron chi connectivity index (χ1n) is 12.0. The van der Waals surface area contributed by atoms with Crippen molar-refractivity contribution in [3.8, 4) is 0 Å². The van der Waals surface area contributed by atoms with Gasteiger partial charge < -0.3 is 10.1 Å². The molecule has 0 radical (unpaired) electrons. The first-order valence-corrected chi connectivity index (χ1v) is 12.9. The first kappa shape index (κ1) is 27.9. The van der Waals surface area contributed by atoms with E-state index in [1.807, 2.05) is 30.3 Å². The lowest BCUT2D eigenvalue weighted by molar-refractivity contribution is -0.137. The molecular formula is C28H24F3N3O4S. The van der Waals surface area contributed by atoms with Crippen LogP contribution in [0.15, 0.2) is 83.9 Å². The number of alkyl halides is 3. The van der Waals surface area contributed by atoms with Crippen molar-refractivity contribution in [1.29, 1.82) is 0 Å². The molecule has 0 bridgehead atoms. The van der Waals surface area contributed by atoms with Crippen LogP contribution in [0, 0.1) is 0 Å². The zero-order chi connectivity index (χ0) is 28.0. The smallest absolute Gasteiger partial charge is 0.416 e. The Hall–Kier alpha value is -4.12. The molecular weight excluding hydrogens is 531 g/mol. The number of nitrogens with zero attached hydrogens (tertiary/aromatic N) is 2. The topological polar surface area (TPSA) is 88.1 Å². The lowest BCUT2D eigenvalue weighted by Crippen LogP contribution is -2.33. The van der Waals surface area contributed by atoms with E-state index in [4.69, 9.17) is 4.74 Å². The van der Waals surface area contributed by atoms with Crippen LogP contribution in [0.4, 0.5) is 24.5 Å². The maximum Gasteiger partial charge on any atom is 0.416 e. The molecule has 4 rings (SSSR count). The summed E-state index contributed by atoms with van der Waals surface area (Å²) < 4.78 is 43.8. The van der Waals surface area contributed by atoms with Gasteiger partial charge in [0, 0.05) is 12.1 Å². The maximum absolute atomic E-state index is 13.3. The van der Waals surface area contributed by atoms with Crippen molar-refractivity contribution in [3.63, 3.8) is 0 Å². The van der Waals surface area contributed by atoms with Crippen LogP contribution in [0.1, 0.15) is 34.8 Å². The summed E-state index contributed by atoms with van der Waals surface area (Å²) in [7, 11) is 0. The van der Waals surface area contributed by atoms with Gasteiger partial charge in [-0.3, -0.25) is 14.5 Å². The highest BCUT2D eigenvalue weighted by Crippen LogP contribution is 2.34. The number of thioether (sulfide) groups is 1. The third-order valence-electron chi connectivity index (χ3n) is 5.67. The number of rotatable bonds is 8. The van der Waals surface area contributed by atoms with Crippen molar-refractivity contribution in [2.24, 2.45) is 4.99 Å². The van der Waals surface area contributed by atoms with E-state index in [-0.39, 0.29) is 31.2 Å². The number of halogens is 3. The number of carbonyl (C=O) groups is 3. The van der Waals surface area contributed by atoms with Crippen LogP contribution in [0.3, 0.4) is 0 Å². The molecule has 1 N–H and O–H groups in total. The molecule has 1 fully saturated rings. The Morgan fingerprint density at radius 2 is 1.67 bits per heavy atom. The van der Waals surface area contributed by atoms with E-state index in [9.17, 15) is 27.6 Å². The minimum atomic E-state index is -4.47. The molecule has 11 heteroatoms. The fourth-order valence-electron chi connectivity index (χ4n) is 3.76. The van der Waals surface area contributed by atoms with Crippen LogP contribution in [0.2, 0.25) is 0 Å². The molecule has 39 heavy (non-hydrogen) atoms. The molecule has 0 aromatic heterocycles. The number of esters is 1. The number of hydrogen-bond donors (Lipinski definition) is 1. The standard InChI is InChI=1S/C28H24F3N3O4S/c1-2-38-26(37)19-8-12-21(13-9-19)32-24(35)16-23-25(36)34(17-18-6-4-3-5-7-18)27(39-23)33-22-14-10-20(11-15-22)28(29,30)31/h3-15,23H,2,16-17H2,1H3,(H,32,35)/t23-/m0/s1. The van der Waals surface area contributed by atoms with Gasteiger partial charge in [0.1, 0.15) is 5.25 Å². The van der Waals surface area contributed by atoms with E-state index in [2.05, 4.69) is 10.3 Å². The highest BCUT2D eigenvalue weighted by molar-refractivity contribution is 8.15. The lowest BCUT2D eigenvalue weighted by atomic mass is 10.2. The molecule has 1 aliphatic heterocycles. The monoisotopic (exact) mass is 555 g/mol. The lowest BCUT2D eigenvalue weighted by Gasteiger charge is -2.16. The normalized spacial score (nSPS) is 16.4. The van der Waals surface area contributed by atoms with Gasteiger partial charge in [-0.25, -0.2) is 9.79 Å². The first-order chi connectivity index (χ1) is 18.6. The van der Waals surface area contributed by atoms with Crippen molar-refractivity contribution in [2.75, 3.05) is 11.9 Å². The van der Waals surface area contributed by atoms with Crippen LogP contribution >= 0.6 is 11.8 Å². The van der Waals surface area contributed by atoms with E-state index in [0.29, 0.717) is 16.4 Å². The van der Waals surface area contributed by atoms with Crippen LogP contribution < -0.4 is 5.32 Å². The Kier molecular flexibility index (Phi) is 8.70. The van der Waals surface area contributed by atoms with E-state index in [1.54, 1.807) is 19.1 Å². The number of carbonyl (C=O) groups excluding carboxylic acids is 3. The van der Waals surface area contributed by atoms with Gasteiger partial charge in [0.05, 0.1) is 30.0 Å². The van der Waals surface area contributed by atoms with Crippen molar-refractivity contribution < 1.29 is 32.3 Å². The minimum absolute atomic E-state index is 0.152. The quantitative estimate of drug-likeness (QED) is 0.342. The minimum Gasteiger partial charge on any atom is -0.462 e. The summed E-state index contributed by atoms with van der Waals surface area (Å²) in [5.41, 5.74) is 1.08. The Labute approximate surface area is 227 Å². The predicted molar refractivity (Wildman–Crippen MR) is 143 cm³/mol. The Balaban J connectivity index is 1.49.